The first kappa shape index (κ1) is 14.2. The van der Waals surface area contributed by atoms with Crippen molar-refractivity contribution >= 4 is 22.8 Å². The highest BCUT2D eigenvalue weighted by Gasteiger charge is 2.55. The van der Waals surface area contributed by atoms with Crippen molar-refractivity contribution in [1.29, 1.82) is 0 Å². The highest BCUT2D eigenvalue weighted by atomic mass is 16.4. The Morgan fingerprint density at radius 3 is 2.83 bits per heavy atom. The molecule has 1 aliphatic carbocycles. The molecule has 1 aliphatic heterocycles. The van der Waals surface area contributed by atoms with Crippen molar-refractivity contribution in [1.82, 2.24) is 9.88 Å². The van der Waals surface area contributed by atoms with Crippen LogP contribution in [0.15, 0.2) is 36.4 Å². The second-order valence-corrected chi connectivity index (χ2v) is 6.63. The molecule has 1 amide bonds. The number of para-hydroxylation sites is 1. The SMILES string of the molecule is O=C(c1ccc2ccccc2n1)N1C[C@@H]2CCC[C@@]2(C(=O)O)C1. The van der Waals surface area contributed by atoms with Gasteiger partial charge in [0.05, 0.1) is 10.9 Å². The Labute approximate surface area is 133 Å². The Morgan fingerprint density at radius 2 is 2.04 bits per heavy atom. The van der Waals surface area contributed by atoms with E-state index >= 15 is 0 Å². The number of likely N-dealkylation sites (tertiary alicyclic amines) is 1. The molecule has 1 saturated carbocycles. The van der Waals surface area contributed by atoms with Gasteiger partial charge >= 0.3 is 5.97 Å². The van der Waals surface area contributed by atoms with Crippen molar-refractivity contribution in [3.05, 3.63) is 42.1 Å². The standard InChI is InChI=1S/C18H18N2O3/c21-16(15-8-7-12-4-1-2-6-14(12)19-15)20-10-13-5-3-9-18(13,11-20)17(22)23/h1-2,4,6-8,13H,3,5,9-11H2,(H,22,23)/t13-,18+/m0/s1. The van der Waals surface area contributed by atoms with Gasteiger partial charge < -0.3 is 10.0 Å². The number of carbonyl (C=O) groups excluding carboxylic acids is 1. The van der Waals surface area contributed by atoms with Gasteiger partial charge in [0.2, 0.25) is 0 Å². The van der Waals surface area contributed by atoms with E-state index in [1.807, 2.05) is 30.3 Å². The monoisotopic (exact) mass is 310 g/mol. The van der Waals surface area contributed by atoms with Crippen molar-refractivity contribution in [2.24, 2.45) is 11.3 Å². The second kappa shape index (κ2) is 5.05. The molecule has 1 aromatic heterocycles. The molecule has 2 heterocycles. The zero-order chi connectivity index (χ0) is 16.0. The number of pyridine rings is 1. The van der Waals surface area contributed by atoms with Gasteiger partial charge in [-0.15, -0.1) is 0 Å². The molecule has 23 heavy (non-hydrogen) atoms. The van der Waals surface area contributed by atoms with Crippen molar-refractivity contribution in [2.75, 3.05) is 13.1 Å². The quantitative estimate of drug-likeness (QED) is 0.925. The number of nitrogens with zero attached hydrogens (tertiary/aromatic N) is 2. The average Bonchev–Trinajstić information content (AvgIpc) is 3.12. The Morgan fingerprint density at radius 1 is 1.22 bits per heavy atom. The van der Waals surface area contributed by atoms with Crippen molar-refractivity contribution < 1.29 is 14.7 Å². The van der Waals surface area contributed by atoms with Gasteiger partial charge in [0.1, 0.15) is 5.69 Å². The van der Waals surface area contributed by atoms with Crippen LogP contribution < -0.4 is 0 Å². The maximum absolute atomic E-state index is 12.8. The Kier molecular flexibility index (Phi) is 3.11. The number of hydrogen-bond donors (Lipinski definition) is 1. The first-order chi connectivity index (χ1) is 11.1. The fourth-order valence-electron chi connectivity index (χ4n) is 4.14. The van der Waals surface area contributed by atoms with Gasteiger partial charge in [-0.25, -0.2) is 4.98 Å². The van der Waals surface area contributed by atoms with E-state index in [2.05, 4.69) is 4.98 Å². The highest BCUT2D eigenvalue weighted by molar-refractivity contribution is 5.95. The summed E-state index contributed by atoms with van der Waals surface area (Å²) < 4.78 is 0. The van der Waals surface area contributed by atoms with Crippen LogP contribution in [0.5, 0.6) is 0 Å². The molecule has 5 heteroatoms. The number of aromatic nitrogens is 1. The molecule has 0 radical (unpaired) electrons. The summed E-state index contributed by atoms with van der Waals surface area (Å²) in [7, 11) is 0. The fourth-order valence-corrected chi connectivity index (χ4v) is 4.14. The van der Waals surface area contributed by atoms with E-state index in [9.17, 15) is 14.7 Å². The first-order valence-corrected chi connectivity index (χ1v) is 7.99. The lowest BCUT2D eigenvalue weighted by Gasteiger charge is -2.23. The number of rotatable bonds is 2. The Bertz CT molecular complexity index is 804. The molecule has 2 atom stereocenters. The van der Waals surface area contributed by atoms with Gasteiger partial charge in [0.15, 0.2) is 0 Å². The van der Waals surface area contributed by atoms with Crippen LogP contribution >= 0.6 is 0 Å². The van der Waals surface area contributed by atoms with Gasteiger partial charge in [0, 0.05) is 18.5 Å². The summed E-state index contributed by atoms with van der Waals surface area (Å²) in [5, 5.41) is 10.6. The molecule has 1 aromatic carbocycles. The highest BCUT2D eigenvalue weighted by Crippen LogP contribution is 2.49. The number of hydrogen-bond acceptors (Lipinski definition) is 3. The number of benzene rings is 1. The average molecular weight is 310 g/mol. The summed E-state index contributed by atoms with van der Waals surface area (Å²) in [6.07, 6.45) is 2.50. The molecular formula is C18H18N2O3. The van der Waals surface area contributed by atoms with E-state index < -0.39 is 11.4 Å². The fraction of sp³-hybridized carbons (Fsp3) is 0.389. The van der Waals surface area contributed by atoms with Crippen LogP contribution in [-0.2, 0) is 4.79 Å². The number of fused-ring (bicyclic) bond motifs is 2. The lowest BCUT2D eigenvalue weighted by Crippen LogP contribution is -2.37. The largest absolute Gasteiger partial charge is 0.481 e. The number of carbonyl (C=O) groups is 2. The van der Waals surface area contributed by atoms with E-state index in [1.54, 1.807) is 11.0 Å². The van der Waals surface area contributed by atoms with Crippen LogP contribution in [-0.4, -0.2) is 40.0 Å². The van der Waals surface area contributed by atoms with Crippen molar-refractivity contribution in [3.8, 4) is 0 Å². The molecule has 0 unspecified atom stereocenters. The molecule has 0 bridgehead atoms. The summed E-state index contributed by atoms with van der Waals surface area (Å²) in [6.45, 7) is 0.833. The van der Waals surface area contributed by atoms with E-state index in [-0.39, 0.29) is 11.8 Å². The zero-order valence-electron chi connectivity index (χ0n) is 12.7. The Hall–Kier alpha value is -2.43. The summed E-state index contributed by atoms with van der Waals surface area (Å²) >= 11 is 0. The van der Waals surface area contributed by atoms with Crippen molar-refractivity contribution in [2.45, 2.75) is 19.3 Å². The van der Waals surface area contributed by atoms with Gasteiger partial charge in [0.25, 0.3) is 5.91 Å². The summed E-state index contributed by atoms with van der Waals surface area (Å²) in [6, 6.07) is 11.3. The van der Waals surface area contributed by atoms with Gasteiger partial charge in [-0.05, 0) is 30.9 Å². The molecule has 118 valence electrons. The van der Waals surface area contributed by atoms with Crippen LogP contribution in [0.2, 0.25) is 0 Å². The van der Waals surface area contributed by atoms with Gasteiger partial charge in [-0.2, -0.15) is 0 Å². The Balaban J connectivity index is 1.63. The number of aliphatic carboxylic acids is 1. The molecule has 1 N–H and O–H groups in total. The van der Waals surface area contributed by atoms with E-state index in [1.165, 1.54) is 0 Å². The van der Waals surface area contributed by atoms with Crippen LogP contribution in [0.25, 0.3) is 10.9 Å². The molecular weight excluding hydrogens is 292 g/mol. The smallest absolute Gasteiger partial charge is 0.311 e. The summed E-state index contributed by atoms with van der Waals surface area (Å²) in [4.78, 5) is 30.6. The maximum Gasteiger partial charge on any atom is 0.311 e. The number of carboxylic acid groups (broad SMARTS) is 1. The van der Waals surface area contributed by atoms with Crippen LogP contribution in [0.3, 0.4) is 0 Å². The third-order valence-corrected chi connectivity index (χ3v) is 5.40. The molecule has 0 spiro atoms. The van der Waals surface area contributed by atoms with Crippen molar-refractivity contribution in [3.63, 3.8) is 0 Å². The first-order valence-electron chi connectivity index (χ1n) is 7.99. The summed E-state index contributed by atoms with van der Waals surface area (Å²) in [5.41, 5.74) is 0.432. The third-order valence-electron chi connectivity index (χ3n) is 5.40. The maximum atomic E-state index is 12.8. The number of amides is 1. The lowest BCUT2D eigenvalue weighted by molar-refractivity contribution is -0.149. The van der Waals surface area contributed by atoms with Crippen LogP contribution in [0.1, 0.15) is 29.8 Å². The van der Waals surface area contributed by atoms with Crippen LogP contribution in [0, 0.1) is 11.3 Å². The minimum Gasteiger partial charge on any atom is -0.481 e. The molecule has 1 saturated heterocycles. The van der Waals surface area contributed by atoms with E-state index in [0.29, 0.717) is 25.2 Å². The topological polar surface area (TPSA) is 70.5 Å². The second-order valence-electron chi connectivity index (χ2n) is 6.63. The minimum absolute atomic E-state index is 0.0735. The molecule has 4 rings (SSSR count). The van der Waals surface area contributed by atoms with E-state index in [0.717, 1.165) is 23.7 Å². The predicted molar refractivity (Wildman–Crippen MR) is 85.1 cm³/mol. The molecule has 2 fully saturated rings. The molecule has 2 aromatic rings. The molecule has 2 aliphatic rings. The lowest BCUT2D eigenvalue weighted by atomic mass is 9.81. The minimum atomic E-state index is -0.762. The third kappa shape index (κ3) is 2.11. The predicted octanol–water partition coefficient (Wildman–Crippen LogP) is 2.56. The number of carboxylic acids is 1. The normalized spacial score (nSPS) is 26.4. The zero-order valence-corrected chi connectivity index (χ0v) is 12.7. The van der Waals surface area contributed by atoms with E-state index in [4.69, 9.17) is 0 Å². The van der Waals surface area contributed by atoms with Gasteiger partial charge in [-0.3, -0.25) is 9.59 Å². The molecule has 5 nitrogen and oxygen atoms in total. The van der Waals surface area contributed by atoms with Crippen LogP contribution in [0.4, 0.5) is 0 Å². The summed E-state index contributed by atoms with van der Waals surface area (Å²) in [5.74, 6) is -0.850. The van der Waals surface area contributed by atoms with Gasteiger partial charge in [-0.1, -0.05) is 30.7 Å².